The van der Waals surface area contributed by atoms with Crippen LogP contribution >= 0.6 is 27.7 Å². The molecule has 0 bridgehead atoms. The van der Waals surface area contributed by atoms with Gasteiger partial charge in [0.25, 0.3) is 5.91 Å². The number of hydrogen-bond donors (Lipinski definition) is 2. The van der Waals surface area contributed by atoms with Crippen LogP contribution in [0.1, 0.15) is 28.8 Å². The van der Waals surface area contributed by atoms with Gasteiger partial charge in [-0.25, -0.2) is 0 Å². The molecule has 1 saturated heterocycles. The first-order chi connectivity index (χ1) is 9.08. The smallest absolute Gasteiger partial charge is 0.251 e. The van der Waals surface area contributed by atoms with Gasteiger partial charge >= 0.3 is 0 Å². The molecule has 104 valence electrons. The second-order valence-corrected chi connectivity index (χ2v) is 7.07. The van der Waals surface area contributed by atoms with E-state index in [2.05, 4.69) is 21.2 Å². The van der Waals surface area contributed by atoms with Crippen LogP contribution in [0.15, 0.2) is 16.6 Å². The van der Waals surface area contributed by atoms with Crippen LogP contribution in [0.2, 0.25) is 0 Å². The average Bonchev–Trinajstić information content (AvgIpc) is 2.41. The molecule has 0 aliphatic carbocycles. The first-order valence-corrected chi connectivity index (χ1v) is 8.44. The molecule has 0 aromatic heterocycles. The molecule has 1 fully saturated rings. The van der Waals surface area contributed by atoms with Crippen LogP contribution in [0.4, 0.5) is 5.69 Å². The van der Waals surface area contributed by atoms with Crippen molar-refractivity contribution in [3.63, 3.8) is 0 Å². The SMILES string of the molecule is Cc1c(N)cc(Br)cc1C(=O)NCC1CCSCC1. The highest BCUT2D eigenvalue weighted by atomic mass is 79.9. The quantitative estimate of drug-likeness (QED) is 0.829. The Morgan fingerprint density at radius 2 is 2.16 bits per heavy atom. The van der Waals surface area contributed by atoms with E-state index in [4.69, 9.17) is 5.73 Å². The van der Waals surface area contributed by atoms with E-state index in [1.54, 1.807) is 0 Å². The van der Waals surface area contributed by atoms with E-state index in [1.165, 1.54) is 24.3 Å². The lowest BCUT2D eigenvalue weighted by molar-refractivity contribution is 0.0945. The molecular formula is C14H19BrN2OS. The summed E-state index contributed by atoms with van der Waals surface area (Å²) in [5, 5.41) is 3.04. The minimum absolute atomic E-state index is 0.0243. The van der Waals surface area contributed by atoms with Gasteiger partial charge in [-0.05, 0) is 54.9 Å². The Kier molecular flexibility index (Phi) is 5.16. The maximum Gasteiger partial charge on any atom is 0.251 e. The Morgan fingerprint density at radius 1 is 1.47 bits per heavy atom. The highest BCUT2D eigenvalue weighted by Gasteiger charge is 2.16. The summed E-state index contributed by atoms with van der Waals surface area (Å²) in [5.41, 5.74) is 8.04. The fourth-order valence-electron chi connectivity index (χ4n) is 2.22. The number of hydrogen-bond acceptors (Lipinski definition) is 3. The summed E-state index contributed by atoms with van der Waals surface area (Å²) in [5.74, 6) is 3.02. The minimum Gasteiger partial charge on any atom is -0.398 e. The van der Waals surface area contributed by atoms with Crippen LogP contribution in [0.25, 0.3) is 0 Å². The van der Waals surface area contributed by atoms with Gasteiger partial charge in [0.05, 0.1) is 0 Å². The van der Waals surface area contributed by atoms with Crippen LogP contribution < -0.4 is 11.1 Å². The molecule has 5 heteroatoms. The minimum atomic E-state index is -0.0243. The van der Waals surface area contributed by atoms with Gasteiger partial charge in [-0.1, -0.05) is 15.9 Å². The molecule has 19 heavy (non-hydrogen) atoms. The predicted octanol–water partition coefficient (Wildman–Crippen LogP) is 3.21. The van der Waals surface area contributed by atoms with Crippen molar-refractivity contribution < 1.29 is 4.79 Å². The molecule has 0 spiro atoms. The molecule has 0 unspecified atom stereocenters. The summed E-state index contributed by atoms with van der Waals surface area (Å²) in [6.07, 6.45) is 2.40. The highest BCUT2D eigenvalue weighted by molar-refractivity contribution is 9.10. The Balaban J connectivity index is 1.99. The van der Waals surface area contributed by atoms with Crippen molar-refractivity contribution in [2.75, 3.05) is 23.8 Å². The van der Waals surface area contributed by atoms with Gasteiger partial charge in [0.2, 0.25) is 0 Å². The van der Waals surface area contributed by atoms with E-state index < -0.39 is 0 Å². The summed E-state index contributed by atoms with van der Waals surface area (Å²) in [4.78, 5) is 12.2. The zero-order valence-corrected chi connectivity index (χ0v) is 13.4. The third-order valence-electron chi connectivity index (χ3n) is 3.55. The van der Waals surface area contributed by atoms with Crippen LogP contribution in [0.3, 0.4) is 0 Å². The van der Waals surface area contributed by atoms with Gasteiger partial charge in [0.15, 0.2) is 0 Å². The normalized spacial score (nSPS) is 16.3. The number of halogens is 1. The lowest BCUT2D eigenvalue weighted by Crippen LogP contribution is -2.31. The maximum absolute atomic E-state index is 12.2. The average molecular weight is 343 g/mol. The number of anilines is 1. The Hall–Kier alpha value is -0.680. The van der Waals surface area contributed by atoms with E-state index in [1.807, 2.05) is 30.8 Å². The lowest BCUT2D eigenvalue weighted by Gasteiger charge is -2.21. The first kappa shape index (κ1) is 14.7. The second-order valence-electron chi connectivity index (χ2n) is 4.93. The molecule has 1 heterocycles. The fraction of sp³-hybridized carbons (Fsp3) is 0.500. The van der Waals surface area contributed by atoms with Crippen LogP contribution in [0, 0.1) is 12.8 Å². The first-order valence-electron chi connectivity index (χ1n) is 6.49. The number of carbonyl (C=O) groups is 1. The van der Waals surface area contributed by atoms with E-state index in [9.17, 15) is 4.79 Å². The number of benzene rings is 1. The summed E-state index contributed by atoms with van der Waals surface area (Å²) < 4.78 is 0.842. The van der Waals surface area contributed by atoms with E-state index in [0.29, 0.717) is 17.2 Å². The fourth-order valence-corrected chi connectivity index (χ4v) is 3.90. The van der Waals surface area contributed by atoms with Crippen molar-refractivity contribution in [3.05, 3.63) is 27.7 Å². The molecule has 0 saturated carbocycles. The number of amides is 1. The Morgan fingerprint density at radius 3 is 2.84 bits per heavy atom. The van der Waals surface area contributed by atoms with Crippen molar-refractivity contribution in [1.29, 1.82) is 0 Å². The van der Waals surface area contributed by atoms with E-state index >= 15 is 0 Å². The van der Waals surface area contributed by atoms with E-state index in [-0.39, 0.29) is 5.91 Å². The summed E-state index contributed by atoms with van der Waals surface area (Å²) in [6.45, 7) is 2.65. The van der Waals surface area contributed by atoms with Crippen LogP contribution in [0.5, 0.6) is 0 Å². The third kappa shape index (κ3) is 3.89. The molecule has 1 amide bonds. The standard InChI is InChI=1S/C14H19BrN2OS/c1-9-12(6-11(15)7-13(9)16)14(18)17-8-10-2-4-19-5-3-10/h6-7,10H,2-5,8,16H2,1H3,(H,17,18). The number of carbonyl (C=O) groups excluding carboxylic acids is 1. The van der Waals surface area contributed by atoms with Crippen LogP contribution in [-0.2, 0) is 0 Å². The third-order valence-corrected chi connectivity index (χ3v) is 5.06. The van der Waals surface area contributed by atoms with Crippen molar-refractivity contribution >= 4 is 39.3 Å². The highest BCUT2D eigenvalue weighted by Crippen LogP contribution is 2.24. The molecule has 3 nitrogen and oxygen atoms in total. The molecule has 3 N–H and O–H groups in total. The van der Waals surface area contributed by atoms with Gasteiger partial charge in [-0.2, -0.15) is 11.8 Å². The second kappa shape index (κ2) is 6.66. The Labute approximate surface area is 126 Å². The molecule has 0 radical (unpaired) electrons. The maximum atomic E-state index is 12.2. The molecule has 1 aromatic carbocycles. The number of nitrogens with one attached hydrogen (secondary N) is 1. The number of rotatable bonds is 3. The largest absolute Gasteiger partial charge is 0.398 e. The van der Waals surface area contributed by atoms with Crippen molar-refractivity contribution in [2.24, 2.45) is 5.92 Å². The number of nitrogens with two attached hydrogens (primary N) is 1. The van der Waals surface area contributed by atoms with Gasteiger partial charge in [0.1, 0.15) is 0 Å². The van der Waals surface area contributed by atoms with Crippen molar-refractivity contribution in [3.8, 4) is 0 Å². The van der Waals surface area contributed by atoms with Gasteiger partial charge in [-0.15, -0.1) is 0 Å². The molecule has 1 aliphatic rings. The van der Waals surface area contributed by atoms with Crippen molar-refractivity contribution in [1.82, 2.24) is 5.32 Å². The van der Waals surface area contributed by atoms with Gasteiger partial charge < -0.3 is 11.1 Å². The van der Waals surface area contributed by atoms with Crippen LogP contribution in [-0.4, -0.2) is 24.0 Å². The van der Waals surface area contributed by atoms with Gasteiger partial charge in [-0.3, -0.25) is 4.79 Å². The van der Waals surface area contributed by atoms with Crippen molar-refractivity contribution in [2.45, 2.75) is 19.8 Å². The number of thioether (sulfide) groups is 1. The molecule has 2 rings (SSSR count). The topological polar surface area (TPSA) is 55.1 Å². The zero-order valence-electron chi connectivity index (χ0n) is 11.0. The summed E-state index contributed by atoms with van der Waals surface area (Å²) >= 11 is 5.38. The van der Waals surface area contributed by atoms with E-state index in [0.717, 1.165) is 16.6 Å². The Bertz CT molecular complexity index is 473. The molecular weight excluding hydrogens is 324 g/mol. The summed E-state index contributed by atoms with van der Waals surface area (Å²) in [6, 6.07) is 3.65. The molecule has 0 atom stereocenters. The lowest BCUT2D eigenvalue weighted by atomic mass is 10.0. The number of nitrogen functional groups attached to an aromatic ring is 1. The zero-order chi connectivity index (χ0) is 13.8. The molecule has 1 aliphatic heterocycles. The predicted molar refractivity (Wildman–Crippen MR) is 85.7 cm³/mol. The monoisotopic (exact) mass is 342 g/mol. The van der Waals surface area contributed by atoms with Gasteiger partial charge in [0, 0.05) is 22.3 Å². The summed E-state index contributed by atoms with van der Waals surface area (Å²) in [7, 11) is 0. The molecule has 1 aromatic rings.